The molecule has 0 aliphatic rings. The van der Waals surface area contributed by atoms with Crippen LogP contribution in [0.1, 0.15) is 11.3 Å². The maximum Gasteiger partial charge on any atom is 0.232 e. The zero-order valence-corrected chi connectivity index (χ0v) is 18.1. The number of amides is 1. The lowest BCUT2D eigenvalue weighted by atomic mass is 10.1. The van der Waals surface area contributed by atoms with Gasteiger partial charge >= 0.3 is 0 Å². The van der Waals surface area contributed by atoms with E-state index in [-0.39, 0.29) is 17.2 Å². The van der Waals surface area contributed by atoms with Crippen LogP contribution in [0.2, 0.25) is 0 Å². The number of thiazole rings is 2. The molecule has 0 radical (unpaired) electrons. The lowest BCUT2D eigenvalue weighted by Crippen LogP contribution is -2.14. The van der Waals surface area contributed by atoms with Crippen LogP contribution in [0.25, 0.3) is 20.8 Å². The van der Waals surface area contributed by atoms with E-state index in [9.17, 15) is 13.2 Å². The topological polar surface area (TPSA) is 89.0 Å². The summed E-state index contributed by atoms with van der Waals surface area (Å²) < 4.78 is 24.1. The summed E-state index contributed by atoms with van der Waals surface area (Å²) in [6, 6.07) is 12.8. The summed E-state index contributed by atoms with van der Waals surface area (Å²) in [4.78, 5) is 21.6. The van der Waals surface area contributed by atoms with Gasteiger partial charge < -0.3 is 5.32 Å². The number of nitrogens with one attached hydrogen (secondary N) is 1. The largest absolute Gasteiger partial charge is 0.302 e. The van der Waals surface area contributed by atoms with Crippen molar-refractivity contribution < 1.29 is 13.2 Å². The van der Waals surface area contributed by atoms with E-state index >= 15 is 0 Å². The molecule has 4 rings (SSSR count). The number of nitrogens with zero attached hydrogens (tertiary/aromatic N) is 2. The quantitative estimate of drug-likeness (QED) is 0.496. The molecule has 1 N–H and O–H groups in total. The summed E-state index contributed by atoms with van der Waals surface area (Å²) in [5.41, 5.74) is 3.54. The number of carbonyl (C=O) groups excluding carboxylic acids is 1. The van der Waals surface area contributed by atoms with Crippen LogP contribution in [0.5, 0.6) is 0 Å². The Kier molecular flexibility index (Phi) is 5.20. The fourth-order valence-corrected chi connectivity index (χ4v) is 5.28. The van der Waals surface area contributed by atoms with Crippen molar-refractivity contribution in [1.29, 1.82) is 0 Å². The number of hydrogen-bond acceptors (Lipinski definition) is 7. The van der Waals surface area contributed by atoms with Gasteiger partial charge in [-0.25, -0.2) is 18.4 Å². The Bertz CT molecular complexity index is 1320. The van der Waals surface area contributed by atoms with Crippen LogP contribution in [-0.2, 0) is 21.1 Å². The van der Waals surface area contributed by atoms with Crippen molar-refractivity contribution >= 4 is 53.8 Å². The van der Waals surface area contributed by atoms with E-state index in [1.807, 2.05) is 30.5 Å². The average molecular weight is 444 g/mol. The Morgan fingerprint density at radius 2 is 1.97 bits per heavy atom. The maximum absolute atomic E-state index is 12.4. The van der Waals surface area contributed by atoms with Crippen molar-refractivity contribution in [3.63, 3.8) is 0 Å². The Balaban J connectivity index is 1.47. The van der Waals surface area contributed by atoms with Crippen LogP contribution in [0.4, 0.5) is 5.13 Å². The van der Waals surface area contributed by atoms with Crippen molar-refractivity contribution in [3.05, 3.63) is 59.1 Å². The highest BCUT2D eigenvalue weighted by molar-refractivity contribution is 7.90. The van der Waals surface area contributed by atoms with Crippen LogP contribution < -0.4 is 5.32 Å². The van der Waals surface area contributed by atoms with Gasteiger partial charge in [-0.2, -0.15) is 0 Å². The van der Waals surface area contributed by atoms with Crippen LogP contribution in [0.3, 0.4) is 0 Å². The zero-order valence-electron chi connectivity index (χ0n) is 15.7. The van der Waals surface area contributed by atoms with Crippen molar-refractivity contribution in [2.24, 2.45) is 0 Å². The van der Waals surface area contributed by atoms with E-state index in [2.05, 4.69) is 21.4 Å². The van der Waals surface area contributed by atoms with Gasteiger partial charge in [0.1, 0.15) is 5.01 Å². The first kappa shape index (κ1) is 19.7. The van der Waals surface area contributed by atoms with Crippen molar-refractivity contribution in [3.8, 4) is 10.6 Å². The second-order valence-electron chi connectivity index (χ2n) is 6.66. The summed E-state index contributed by atoms with van der Waals surface area (Å²) in [6.45, 7) is 2.03. The number of sulfone groups is 1. The number of aryl methyl sites for hydroxylation is 1. The van der Waals surface area contributed by atoms with Crippen LogP contribution in [-0.4, -0.2) is 30.5 Å². The first-order chi connectivity index (χ1) is 13.8. The summed E-state index contributed by atoms with van der Waals surface area (Å²) in [7, 11) is -3.29. The Labute approximate surface area is 176 Å². The molecular weight excluding hydrogens is 426 g/mol. The Hall–Kier alpha value is -2.62. The molecule has 0 fully saturated rings. The molecule has 0 aliphatic carbocycles. The Morgan fingerprint density at radius 3 is 2.72 bits per heavy atom. The van der Waals surface area contributed by atoms with Gasteiger partial charge in [0.2, 0.25) is 5.91 Å². The van der Waals surface area contributed by atoms with E-state index in [0.717, 1.165) is 22.4 Å². The van der Waals surface area contributed by atoms with E-state index in [1.165, 1.54) is 28.7 Å². The highest BCUT2D eigenvalue weighted by Crippen LogP contribution is 2.29. The van der Waals surface area contributed by atoms with Gasteiger partial charge in [0.05, 0.1) is 27.2 Å². The van der Waals surface area contributed by atoms with Gasteiger partial charge in [-0.1, -0.05) is 35.1 Å². The number of hydrogen-bond donors (Lipinski definition) is 1. The minimum absolute atomic E-state index is 0.146. The molecule has 1 amide bonds. The van der Waals surface area contributed by atoms with E-state index < -0.39 is 9.84 Å². The van der Waals surface area contributed by atoms with Crippen molar-refractivity contribution in [2.45, 2.75) is 18.2 Å². The molecule has 9 heteroatoms. The molecule has 0 unspecified atom stereocenters. The predicted molar refractivity (Wildman–Crippen MR) is 117 cm³/mol. The maximum atomic E-state index is 12.4. The molecule has 2 aromatic heterocycles. The molecule has 0 spiro atoms. The summed E-state index contributed by atoms with van der Waals surface area (Å²) in [6.07, 6.45) is 1.31. The number of carbonyl (C=O) groups is 1. The molecule has 0 aliphatic heterocycles. The predicted octanol–water partition coefficient (Wildman–Crippen LogP) is 4.31. The molecule has 0 saturated carbocycles. The molecule has 0 bridgehead atoms. The highest BCUT2D eigenvalue weighted by Gasteiger charge is 2.14. The molecule has 148 valence electrons. The number of rotatable bonds is 5. The summed E-state index contributed by atoms with van der Waals surface area (Å²) in [5.74, 6) is -0.214. The van der Waals surface area contributed by atoms with Gasteiger partial charge in [0.25, 0.3) is 0 Å². The number of fused-ring (bicyclic) bond motifs is 1. The normalized spacial score (nSPS) is 11.7. The number of aromatic nitrogens is 2. The lowest BCUT2D eigenvalue weighted by molar-refractivity contribution is -0.115. The second kappa shape index (κ2) is 7.66. The smallest absolute Gasteiger partial charge is 0.232 e. The van der Waals surface area contributed by atoms with E-state index in [1.54, 1.807) is 12.1 Å². The zero-order chi connectivity index (χ0) is 20.6. The third kappa shape index (κ3) is 4.52. The van der Waals surface area contributed by atoms with Gasteiger partial charge in [-0.3, -0.25) is 4.79 Å². The number of anilines is 1. The van der Waals surface area contributed by atoms with Crippen molar-refractivity contribution in [2.75, 3.05) is 11.6 Å². The summed E-state index contributed by atoms with van der Waals surface area (Å²) in [5, 5.41) is 5.98. The second-order valence-corrected chi connectivity index (χ2v) is 10.6. The minimum Gasteiger partial charge on any atom is -0.302 e. The van der Waals surface area contributed by atoms with Gasteiger partial charge in [-0.05, 0) is 31.2 Å². The van der Waals surface area contributed by atoms with Crippen LogP contribution in [0, 0.1) is 6.92 Å². The molecule has 4 aromatic rings. The SMILES string of the molecule is Cc1cccc(-c2nc(CC(=O)Nc3nc4ccc(S(C)(=O)=O)cc4s3)cs2)c1. The third-order valence-corrected chi connectivity index (χ3v) is 7.18. The molecule has 2 heterocycles. The van der Waals surface area contributed by atoms with Crippen LogP contribution >= 0.6 is 22.7 Å². The van der Waals surface area contributed by atoms with Gasteiger partial charge in [0.15, 0.2) is 15.0 Å². The molecule has 29 heavy (non-hydrogen) atoms. The minimum atomic E-state index is -3.29. The van der Waals surface area contributed by atoms with E-state index in [4.69, 9.17) is 0 Å². The standard InChI is InChI=1S/C20H17N3O3S3/c1-12-4-3-5-13(8-12)19-21-14(11-27-19)9-18(24)23-20-22-16-7-6-15(29(2,25)26)10-17(16)28-20/h3-8,10-11H,9H2,1-2H3,(H,22,23,24). The number of benzene rings is 2. The fourth-order valence-electron chi connectivity index (χ4n) is 2.82. The van der Waals surface area contributed by atoms with Gasteiger partial charge in [0, 0.05) is 17.2 Å². The first-order valence-corrected chi connectivity index (χ1v) is 12.3. The third-order valence-electron chi connectivity index (χ3n) is 4.19. The Morgan fingerprint density at radius 1 is 1.14 bits per heavy atom. The van der Waals surface area contributed by atoms with E-state index in [0.29, 0.717) is 21.0 Å². The molecular formula is C20H17N3O3S3. The summed E-state index contributed by atoms with van der Waals surface area (Å²) >= 11 is 2.75. The highest BCUT2D eigenvalue weighted by atomic mass is 32.2. The average Bonchev–Trinajstić information content (AvgIpc) is 3.26. The fraction of sp³-hybridized carbons (Fsp3) is 0.150. The first-order valence-electron chi connectivity index (χ1n) is 8.70. The molecule has 0 saturated heterocycles. The lowest BCUT2D eigenvalue weighted by Gasteiger charge is -1.99. The van der Waals surface area contributed by atoms with Crippen LogP contribution in [0.15, 0.2) is 52.7 Å². The monoisotopic (exact) mass is 443 g/mol. The van der Waals surface area contributed by atoms with Gasteiger partial charge in [-0.15, -0.1) is 11.3 Å². The van der Waals surface area contributed by atoms with Crippen molar-refractivity contribution in [1.82, 2.24) is 9.97 Å². The molecule has 2 aromatic carbocycles. The molecule has 0 atom stereocenters. The molecule has 6 nitrogen and oxygen atoms in total.